The SMILES string of the molecule is CCOCC(C)(N)C1CCOCC1. The number of ether oxygens (including phenoxy) is 2. The lowest BCUT2D eigenvalue weighted by Gasteiger charge is -2.36. The van der Waals surface area contributed by atoms with Crippen molar-refractivity contribution in [2.24, 2.45) is 11.7 Å². The molecule has 3 heteroatoms. The minimum Gasteiger partial charge on any atom is -0.381 e. The van der Waals surface area contributed by atoms with Gasteiger partial charge < -0.3 is 15.2 Å². The van der Waals surface area contributed by atoms with Crippen molar-refractivity contribution in [3.05, 3.63) is 0 Å². The van der Waals surface area contributed by atoms with Crippen LogP contribution in [0.15, 0.2) is 0 Å². The van der Waals surface area contributed by atoms with Gasteiger partial charge in [-0.3, -0.25) is 0 Å². The minimum atomic E-state index is -0.181. The quantitative estimate of drug-likeness (QED) is 0.718. The first kappa shape index (κ1) is 11.0. The van der Waals surface area contributed by atoms with Crippen LogP contribution in [-0.4, -0.2) is 32.0 Å². The molecule has 78 valence electrons. The molecule has 0 aromatic rings. The lowest BCUT2D eigenvalue weighted by Crippen LogP contribution is -2.50. The van der Waals surface area contributed by atoms with Crippen LogP contribution in [0.4, 0.5) is 0 Å². The van der Waals surface area contributed by atoms with Gasteiger partial charge in [0.05, 0.1) is 6.61 Å². The van der Waals surface area contributed by atoms with E-state index in [1.165, 1.54) is 0 Å². The molecule has 1 atom stereocenters. The molecule has 1 saturated heterocycles. The van der Waals surface area contributed by atoms with Crippen LogP contribution in [0.5, 0.6) is 0 Å². The van der Waals surface area contributed by atoms with E-state index in [1.54, 1.807) is 0 Å². The fourth-order valence-corrected chi connectivity index (χ4v) is 1.80. The third-order valence-corrected chi connectivity index (χ3v) is 2.77. The Morgan fingerprint density at radius 2 is 2.08 bits per heavy atom. The predicted molar refractivity (Wildman–Crippen MR) is 52.6 cm³/mol. The van der Waals surface area contributed by atoms with Crippen LogP contribution in [0.25, 0.3) is 0 Å². The van der Waals surface area contributed by atoms with E-state index in [0.717, 1.165) is 32.7 Å². The molecule has 0 amide bonds. The molecule has 2 N–H and O–H groups in total. The highest BCUT2D eigenvalue weighted by Crippen LogP contribution is 2.25. The third-order valence-electron chi connectivity index (χ3n) is 2.77. The van der Waals surface area contributed by atoms with Gasteiger partial charge in [0.1, 0.15) is 0 Å². The highest BCUT2D eigenvalue weighted by molar-refractivity contribution is 4.88. The molecule has 0 bridgehead atoms. The van der Waals surface area contributed by atoms with Crippen LogP contribution >= 0.6 is 0 Å². The second-order valence-corrected chi connectivity index (χ2v) is 4.03. The van der Waals surface area contributed by atoms with Crippen molar-refractivity contribution in [1.29, 1.82) is 0 Å². The van der Waals surface area contributed by atoms with Gasteiger partial charge in [-0.25, -0.2) is 0 Å². The Morgan fingerprint density at radius 1 is 1.46 bits per heavy atom. The summed E-state index contributed by atoms with van der Waals surface area (Å²) in [5.74, 6) is 0.549. The van der Waals surface area contributed by atoms with Crippen LogP contribution in [0.2, 0.25) is 0 Å². The zero-order valence-electron chi connectivity index (χ0n) is 8.71. The van der Waals surface area contributed by atoms with Gasteiger partial charge >= 0.3 is 0 Å². The van der Waals surface area contributed by atoms with E-state index < -0.39 is 0 Å². The highest BCUT2D eigenvalue weighted by atomic mass is 16.5. The minimum absolute atomic E-state index is 0.181. The second-order valence-electron chi connectivity index (χ2n) is 4.03. The molecule has 0 saturated carbocycles. The zero-order chi connectivity index (χ0) is 9.73. The lowest BCUT2D eigenvalue weighted by atomic mass is 9.82. The molecule has 0 radical (unpaired) electrons. The first-order valence-electron chi connectivity index (χ1n) is 5.11. The van der Waals surface area contributed by atoms with E-state index in [9.17, 15) is 0 Å². The summed E-state index contributed by atoms with van der Waals surface area (Å²) in [5, 5.41) is 0. The maximum atomic E-state index is 6.20. The zero-order valence-corrected chi connectivity index (χ0v) is 8.71. The third kappa shape index (κ3) is 3.25. The molecular formula is C10H21NO2. The molecular weight excluding hydrogens is 166 g/mol. The highest BCUT2D eigenvalue weighted by Gasteiger charge is 2.31. The smallest absolute Gasteiger partial charge is 0.0646 e. The average Bonchev–Trinajstić information content (AvgIpc) is 2.16. The van der Waals surface area contributed by atoms with Crippen molar-refractivity contribution in [2.45, 2.75) is 32.2 Å². The van der Waals surface area contributed by atoms with Crippen molar-refractivity contribution < 1.29 is 9.47 Å². The summed E-state index contributed by atoms with van der Waals surface area (Å²) in [7, 11) is 0. The van der Waals surface area contributed by atoms with Crippen molar-refractivity contribution >= 4 is 0 Å². The average molecular weight is 187 g/mol. The van der Waals surface area contributed by atoms with Crippen molar-refractivity contribution in [2.75, 3.05) is 26.4 Å². The molecule has 1 heterocycles. The molecule has 0 aromatic carbocycles. The maximum Gasteiger partial charge on any atom is 0.0646 e. The van der Waals surface area contributed by atoms with Gasteiger partial charge in [0, 0.05) is 25.4 Å². The summed E-state index contributed by atoms with van der Waals surface area (Å²) < 4.78 is 10.7. The molecule has 1 unspecified atom stereocenters. The van der Waals surface area contributed by atoms with Crippen LogP contribution in [-0.2, 0) is 9.47 Å². The molecule has 1 fully saturated rings. The second kappa shape index (κ2) is 4.94. The number of hydrogen-bond acceptors (Lipinski definition) is 3. The fourth-order valence-electron chi connectivity index (χ4n) is 1.80. The van der Waals surface area contributed by atoms with E-state index in [0.29, 0.717) is 12.5 Å². The molecule has 1 aliphatic heterocycles. The summed E-state index contributed by atoms with van der Waals surface area (Å²) >= 11 is 0. The number of nitrogens with two attached hydrogens (primary N) is 1. The van der Waals surface area contributed by atoms with E-state index in [-0.39, 0.29) is 5.54 Å². The molecule has 13 heavy (non-hydrogen) atoms. The van der Waals surface area contributed by atoms with Crippen molar-refractivity contribution in [3.63, 3.8) is 0 Å². The number of rotatable bonds is 4. The Labute approximate surface area is 80.6 Å². The first-order valence-corrected chi connectivity index (χ1v) is 5.11. The van der Waals surface area contributed by atoms with Crippen LogP contribution in [0.1, 0.15) is 26.7 Å². The molecule has 1 aliphatic rings. The summed E-state index contributed by atoms with van der Waals surface area (Å²) in [4.78, 5) is 0. The van der Waals surface area contributed by atoms with E-state index in [2.05, 4.69) is 6.92 Å². The fraction of sp³-hybridized carbons (Fsp3) is 1.00. The lowest BCUT2D eigenvalue weighted by molar-refractivity contribution is 0.0103. The topological polar surface area (TPSA) is 44.5 Å². The number of hydrogen-bond donors (Lipinski definition) is 1. The van der Waals surface area contributed by atoms with Gasteiger partial charge in [-0.15, -0.1) is 0 Å². The van der Waals surface area contributed by atoms with Gasteiger partial charge in [0.15, 0.2) is 0 Å². The summed E-state index contributed by atoms with van der Waals surface area (Å²) in [5.41, 5.74) is 6.02. The Kier molecular flexibility index (Phi) is 4.16. The molecule has 0 spiro atoms. The van der Waals surface area contributed by atoms with Gasteiger partial charge in [0.25, 0.3) is 0 Å². The molecule has 0 aromatic heterocycles. The van der Waals surface area contributed by atoms with E-state index in [1.807, 2.05) is 6.92 Å². The van der Waals surface area contributed by atoms with Gasteiger partial charge in [0.2, 0.25) is 0 Å². The molecule has 1 rings (SSSR count). The molecule has 3 nitrogen and oxygen atoms in total. The Bertz CT molecular complexity index is 142. The predicted octanol–water partition coefficient (Wildman–Crippen LogP) is 1.17. The van der Waals surface area contributed by atoms with Gasteiger partial charge in [-0.05, 0) is 32.6 Å². The Hall–Kier alpha value is -0.120. The van der Waals surface area contributed by atoms with Crippen molar-refractivity contribution in [3.8, 4) is 0 Å². The Morgan fingerprint density at radius 3 is 2.62 bits per heavy atom. The normalized spacial score (nSPS) is 24.2. The van der Waals surface area contributed by atoms with Crippen LogP contribution < -0.4 is 5.73 Å². The Balaban J connectivity index is 2.36. The summed E-state index contributed by atoms with van der Waals surface area (Å²) in [6.45, 7) is 7.19. The summed E-state index contributed by atoms with van der Waals surface area (Å²) in [6.07, 6.45) is 2.14. The van der Waals surface area contributed by atoms with E-state index in [4.69, 9.17) is 15.2 Å². The van der Waals surface area contributed by atoms with Crippen LogP contribution in [0.3, 0.4) is 0 Å². The summed E-state index contributed by atoms with van der Waals surface area (Å²) in [6, 6.07) is 0. The largest absolute Gasteiger partial charge is 0.381 e. The van der Waals surface area contributed by atoms with Gasteiger partial charge in [-0.1, -0.05) is 0 Å². The monoisotopic (exact) mass is 187 g/mol. The maximum absolute atomic E-state index is 6.20. The van der Waals surface area contributed by atoms with E-state index >= 15 is 0 Å². The van der Waals surface area contributed by atoms with Gasteiger partial charge in [-0.2, -0.15) is 0 Å². The standard InChI is InChI=1S/C10H21NO2/c1-3-12-8-10(2,11)9-4-6-13-7-5-9/h9H,3-8,11H2,1-2H3. The van der Waals surface area contributed by atoms with Crippen LogP contribution in [0, 0.1) is 5.92 Å². The van der Waals surface area contributed by atoms with Crippen molar-refractivity contribution in [1.82, 2.24) is 0 Å². The molecule has 0 aliphatic carbocycles. The first-order chi connectivity index (χ1) is 6.17.